The fourth-order valence-corrected chi connectivity index (χ4v) is 5.28. The van der Waals surface area contributed by atoms with Crippen LogP contribution < -0.4 is 10.6 Å². The maximum absolute atomic E-state index is 12.3. The van der Waals surface area contributed by atoms with E-state index in [0.717, 1.165) is 51.4 Å². The zero-order valence-electron chi connectivity index (χ0n) is 31.4. The molecule has 0 aromatic rings. The monoisotopic (exact) mass is 746 g/mol. The van der Waals surface area contributed by atoms with E-state index in [1.54, 1.807) is 7.05 Å². The maximum Gasteiger partial charge on any atom is 0.320 e. The van der Waals surface area contributed by atoms with Gasteiger partial charge in [0.15, 0.2) is 0 Å². The number of ether oxygens (including phenoxy) is 4. The van der Waals surface area contributed by atoms with Gasteiger partial charge in [-0.25, -0.2) is 0 Å². The molecule has 0 radical (unpaired) electrons. The molecule has 0 aliphatic carbocycles. The molecule has 0 unspecified atom stereocenters. The third-order valence-corrected chi connectivity index (χ3v) is 8.41. The first-order valence-corrected chi connectivity index (χ1v) is 19.0. The average molecular weight is 747 g/mol. The minimum Gasteiger partial charge on any atom is -0.481 e. The van der Waals surface area contributed by atoms with E-state index in [0.29, 0.717) is 84.7 Å². The summed E-state index contributed by atoms with van der Waals surface area (Å²) in [6.07, 6.45) is 11.8. The van der Waals surface area contributed by atoms with E-state index in [4.69, 9.17) is 29.2 Å². The van der Waals surface area contributed by atoms with Crippen molar-refractivity contribution in [3.63, 3.8) is 0 Å². The predicted molar refractivity (Wildman–Crippen MR) is 193 cm³/mol. The average Bonchev–Trinajstić information content (AvgIpc) is 3.10. The number of carboxylic acid groups (broad SMARTS) is 3. The molecule has 5 N–H and O–H groups in total. The second-order valence-electron chi connectivity index (χ2n) is 12.9. The molecule has 0 rings (SSSR count). The summed E-state index contributed by atoms with van der Waals surface area (Å²) in [7, 11) is 1.58. The highest BCUT2D eigenvalue weighted by Crippen LogP contribution is 2.14. The zero-order valence-corrected chi connectivity index (χ0v) is 31.4. The normalized spacial score (nSPS) is 12.3. The fraction of sp³-hybridized carbons (Fsp3) is 0.838. The van der Waals surface area contributed by atoms with E-state index in [1.807, 2.05) is 0 Å². The van der Waals surface area contributed by atoms with Crippen LogP contribution in [-0.4, -0.2) is 123 Å². The van der Waals surface area contributed by atoms with Gasteiger partial charge in [0.1, 0.15) is 17.6 Å². The molecule has 15 heteroatoms. The van der Waals surface area contributed by atoms with Gasteiger partial charge >= 0.3 is 17.9 Å². The van der Waals surface area contributed by atoms with Crippen molar-refractivity contribution in [1.29, 1.82) is 0 Å². The number of unbranched alkanes of at least 4 members (excludes halogenated alkanes) is 8. The Kier molecular flexibility index (Phi) is 33.1. The Labute approximate surface area is 309 Å². The summed E-state index contributed by atoms with van der Waals surface area (Å²) >= 11 is 0. The molecule has 0 spiro atoms. The van der Waals surface area contributed by atoms with Crippen LogP contribution in [0.4, 0.5) is 0 Å². The van der Waals surface area contributed by atoms with Crippen molar-refractivity contribution in [1.82, 2.24) is 10.6 Å². The van der Waals surface area contributed by atoms with Crippen molar-refractivity contribution < 1.29 is 63.0 Å². The Morgan fingerprint density at radius 1 is 0.500 bits per heavy atom. The largest absolute Gasteiger partial charge is 0.481 e. The van der Waals surface area contributed by atoms with Crippen LogP contribution in [0.15, 0.2) is 0 Å². The van der Waals surface area contributed by atoms with Gasteiger partial charge in [-0.2, -0.15) is 0 Å². The predicted octanol–water partition coefficient (Wildman–Crippen LogP) is 4.18. The number of carbonyl (C=O) groups excluding carboxylic acids is 3. The molecule has 0 aromatic carbocycles. The molecule has 0 fully saturated rings. The molecule has 1 amide bonds. The number of carboxylic acids is 3. The number of carbonyl (C=O) groups is 6. The molecular weight excluding hydrogens is 680 g/mol. The Balaban J connectivity index is 3.59. The van der Waals surface area contributed by atoms with Gasteiger partial charge in [-0.05, 0) is 52.0 Å². The molecule has 0 saturated carbocycles. The van der Waals surface area contributed by atoms with Crippen LogP contribution in [0.25, 0.3) is 0 Å². The van der Waals surface area contributed by atoms with Gasteiger partial charge in [-0.15, -0.1) is 0 Å². The Bertz CT molecular complexity index is 979. The van der Waals surface area contributed by atoms with Crippen molar-refractivity contribution in [3.8, 4) is 0 Å². The van der Waals surface area contributed by atoms with Gasteiger partial charge in [0.2, 0.25) is 5.91 Å². The first-order chi connectivity index (χ1) is 25.1. The van der Waals surface area contributed by atoms with E-state index in [1.165, 1.54) is 0 Å². The van der Waals surface area contributed by atoms with E-state index in [9.17, 15) is 33.9 Å². The van der Waals surface area contributed by atoms with E-state index in [-0.39, 0.29) is 62.8 Å². The molecule has 0 aliphatic rings. The highest BCUT2D eigenvalue weighted by molar-refractivity contribution is 5.84. The second kappa shape index (κ2) is 35.1. The maximum atomic E-state index is 12.3. The molecule has 2 atom stereocenters. The third kappa shape index (κ3) is 32.9. The third-order valence-electron chi connectivity index (χ3n) is 8.41. The number of Topliss-reactive ketones (excluding diaryl/α,β-unsaturated/α-hetero) is 2. The second-order valence-corrected chi connectivity index (χ2v) is 12.9. The summed E-state index contributed by atoms with van der Waals surface area (Å²) in [6.45, 7) is 3.25. The van der Waals surface area contributed by atoms with Gasteiger partial charge in [0, 0.05) is 51.7 Å². The van der Waals surface area contributed by atoms with Gasteiger partial charge in [0.05, 0.1) is 52.2 Å². The fourth-order valence-electron chi connectivity index (χ4n) is 5.28. The lowest BCUT2D eigenvalue weighted by Gasteiger charge is -2.13. The minimum absolute atomic E-state index is 0.0180. The molecule has 0 saturated heterocycles. The van der Waals surface area contributed by atoms with Crippen LogP contribution in [-0.2, 0) is 47.7 Å². The summed E-state index contributed by atoms with van der Waals surface area (Å²) in [6, 6.07) is -0.631. The van der Waals surface area contributed by atoms with Crippen LogP contribution in [0.5, 0.6) is 0 Å². The van der Waals surface area contributed by atoms with Gasteiger partial charge in [-0.1, -0.05) is 38.5 Å². The Morgan fingerprint density at radius 2 is 1.02 bits per heavy atom. The summed E-state index contributed by atoms with van der Waals surface area (Å²) in [5, 5.41) is 32.5. The number of amides is 1. The number of hydrogen-bond acceptors (Lipinski definition) is 11. The van der Waals surface area contributed by atoms with Crippen LogP contribution in [0.2, 0.25) is 0 Å². The quantitative estimate of drug-likeness (QED) is 0.0555. The van der Waals surface area contributed by atoms with Crippen molar-refractivity contribution in [2.45, 2.75) is 128 Å². The number of hydrogen-bond donors (Lipinski definition) is 5. The number of nitrogens with one attached hydrogen (secondary N) is 2. The SMILES string of the molecule is CN[C@@H](CCCCNC(=O)CC[C@H](CC(=O)CCOCCOCCOCCOCCCC(=O)CCCCCCCCCCC(=O)O)C(=O)O)C(=O)O. The van der Waals surface area contributed by atoms with Crippen molar-refractivity contribution in [2.75, 3.05) is 66.4 Å². The van der Waals surface area contributed by atoms with Crippen LogP contribution in [0.3, 0.4) is 0 Å². The van der Waals surface area contributed by atoms with E-state index in [2.05, 4.69) is 10.6 Å². The molecule has 15 nitrogen and oxygen atoms in total. The lowest BCUT2D eigenvalue weighted by Crippen LogP contribution is -2.34. The summed E-state index contributed by atoms with van der Waals surface area (Å²) < 4.78 is 21.8. The Morgan fingerprint density at radius 3 is 1.56 bits per heavy atom. The lowest BCUT2D eigenvalue weighted by atomic mass is 9.96. The number of aliphatic carboxylic acids is 3. The van der Waals surface area contributed by atoms with Crippen LogP contribution >= 0.6 is 0 Å². The summed E-state index contributed by atoms with van der Waals surface area (Å²) in [5.41, 5.74) is 0. The first kappa shape index (κ1) is 49.0. The first-order valence-electron chi connectivity index (χ1n) is 19.0. The Hall–Kier alpha value is -2.98. The lowest BCUT2D eigenvalue weighted by molar-refractivity contribution is -0.144. The molecule has 0 aliphatic heterocycles. The molecular formula is C37H66N2O13. The van der Waals surface area contributed by atoms with Gasteiger partial charge in [-0.3, -0.25) is 28.8 Å². The van der Waals surface area contributed by atoms with Crippen molar-refractivity contribution in [2.24, 2.45) is 5.92 Å². The van der Waals surface area contributed by atoms with E-state index >= 15 is 0 Å². The smallest absolute Gasteiger partial charge is 0.320 e. The number of likely N-dealkylation sites (N-methyl/N-ethyl adjacent to an activating group) is 1. The summed E-state index contributed by atoms with van der Waals surface area (Å²) in [5.74, 6) is -4.03. The minimum atomic E-state index is -1.13. The molecule has 0 heterocycles. The van der Waals surface area contributed by atoms with Gasteiger partial charge in [0.25, 0.3) is 0 Å². The van der Waals surface area contributed by atoms with Crippen molar-refractivity contribution in [3.05, 3.63) is 0 Å². The van der Waals surface area contributed by atoms with Crippen LogP contribution in [0, 0.1) is 5.92 Å². The molecule has 0 bridgehead atoms. The summed E-state index contributed by atoms with van der Waals surface area (Å²) in [4.78, 5) is 69.4. The highest BCUT2D eigenvalue weighted by Gasteiger charge is 2.22. The number of rotatable bonds is 40. The molecule has 302 valence electrons. The number of ketones is 2. The highest BCUT2D eigenvalue weighted by atomic mass is 16.6. The van der Waals surface area contributed by atoms with E-state index < -0.39 is 29.9 Å². The molecule has 0 aromatic heterocycles. The standard InChI is InChI=1S/C37H66N2O13/c1-38-33(37(47)48)15-10-11-20-39-34(42)18-17-30(36(45)46)29-32(41)19-22-50-24-26-52-28-27-51-25-23-49-21-12-14-31(40)13-8-6-4-2-3-5-7-9-16-35(43)44/h30,33,38H,2-29H2,1H3,(H,39,42)(H,43,44)(H,45,46)(H,47,48)/t30-,33+/m1/s1. The van der Waals surface area contributed by atoms with Crippen LogP contribution in [0.1, 0.15) is 122 Å². The zero-order chi connectivity index (χ0) is 38.7. The topological polar surface area (TPSA) is 224 Å². The van der Waals surface area contributed by atoms with Crippen molar-refractivity contribution >= 4 is 35.4 Å². The molecule has 52 heavy (non-hydrogen) atoms. The van der Waals surface area contributed by atoms with Gasteiger partial charge < -0.3 is 44.9 Å².